The predicted octanol–water partition coefficient (Wildman–Crippen LogP) is 2.81. The van der Waals surface area contributed by atoms with E-state index in [1.165, 1.54) is 43.8 Å². The number of carbonyl (C=O) groups is 4. The van der Waals surface area contributed by atoms with Crippen molar-refractivity contribution in [2.75, 3.05) is 32.6 Å². The van der Waals surface area contributed by atoms with Crippen LogP contribution in [0.1, 0.15) is 43.2 Å². The number of hydrogen-bond donors (Lipinski definition) is 1. The van der Waals surface area contributed by atoms with E-state index in [0.717, 1.165) is 0 Å². The number of benzene rings is 1. The van der Waals surface area contributed by atoms with Gasteiger partial charge in [0.1, 0.15) is 0 Å². The third kappa shape index (κ3) is 4.68. The van der Waals surface area contributed by atoms with Gasteiger partial charge in [0.2, 0.25) is 5.91 Å². The number of ether oxygens (including phenoxy) is 2. The van der Waals surface area contributed by atoms with Crippen LogP contribution in [0.15, 0.2) is 35.7 Å². The Balaban J connectivity index is 1.69. The molecular weight excluding hydrogens is 408 g/mol. The van der Waals surface area contributed by atoms with Gasteiger partial charge < -0.3 is 19.7 Å². The van der Waals surface area contributed by atoms with Crippen LogP contribution in [0.25, 0.3) is 0 Å². The Morgan fingerprint density at radius 3 is 2.33 bits per heavy atom. The van der Waals surface area contributed by atoms with Crippen molar-refractivity contribution in [2.45, 2.75) is 12.8 Å². The molecule has 0 spiro atoms. The molecule has 8 nitrogen and oxygen atoms in total. The lowest BCUT2D eigenvalue weighted by Crippen LogP contribution is -2.41. The van der Waals surface area contributed by atoms with E-state index in [4.69, 9.17) is 9.47 Å². The number of thiophene rings is 1. The van der Waals surface area contributed by atoms with Crippen molar-refractivity contribution in [2.24, 2.45) is 5.92 Å². The van der Waals surface area contributed by atoms with Crippen LogP contribution in [0.5, 0.6) is 0 Å². The molecule has 2 aromatic rings. The van der Waals surface area contributed by atoms with Gasteiger partial charge >= 0.3 is 11.9 Å². The van der Waals surface area contributed by atoms with E-state index in [1.807, 2.05) is 11.4 Å². The van der Waals surface area contributed by atoms with Crippen LogP contribution in [0.4, 0.5) is 5.69 Å². The monoisotopic (exact) mass is 430 g/mol. The summed E-state index contributed by atoms with van der Waals surface area (Å²) in [6.07, 6.45) is 1.01. The molecule has 30 heavy (non-hydrogen) atoms. The van der Waals surface area contributed by atoms with Crippen LogP contribution < -0.4 is 5.32 Å². The molecule has 1 aromatic heterocycles. The number of amides is 2. The standard InChI is InChI=1S/C21H22N2O6S/c1-28-20(26)14-5-6-15(21(27)29-2)16(12-14)22-18(24)13-7-9-23(10-8-13)19(25)17-4-3-11-30-17/h3-6,11-13H,7-10H2,1-2H3,(H,22,24). The Bertz CT molecular complexity index is 948. The lowest BCUT2D eigenvalue weighted by Gasteiger charge is -2.31. The van der Waals surface area contributed by atoms with E-state index in [1.54, 1.807) is 11.0 Å². The molecule has 9 heteroatoms. The fourth-order valence-corrected chi connectivity index (χ4v) is 4.01. The van der Waals surface area contributed by atoms with Crippen LogP contribution in [0, 0.1) is 5.92 Å². The molecule has 0 radical (unpaired) electrons. The molecule has 0 bridgehead atoms. The Morgan fingerprint density at radius 2 is 1.73 bits per heavy atom. The predicted molar refractivity (Wildman–Crippen MR) is 111 cm³/mol. The fraction of sp³-hybridized carbons (Fsp3) is 0.333. The van der Waals surface area contributed by atoms with Gasteiger partial charge in [-0.1, -0.05) is 6.07 Å². The van der Waals surface area contributed by atoms with E-state index in [0.29, 0.717) is 30.8 Å². The minimum Gasteiger partial charge on any atom is -0.465 e. The summed E-state index contributed by atoms with van der Waals surface area (Å²) in [4.78, 5) is 51.5. The van der Waals surface area contributed by atoms with Crippen molar-refractivity contribution in [3.63, 3.8) is 0 Å². The Hall–Kier alpha value is -3.20. The van der Waals surface area contributed by atoms with E-state index >= 15 is 0 Å². The molecule has 0 unspecified atom stereocenters. The maximum atomic E-state index is 12.8. The first-order valence-electron chi connectivity index (χ1n) is 9.39. The van der Waals surface area contributed by atoms with Gasteiger partial charge in [0.25, 0.3) is 5.91 Å². The zero-order chi connectivity index (χ0) is 21.7. The quantitative estimate of drug-likeness (QED) is 0.732. The second-order valence-electron chi connectivity index (χ2n) is 6.78. The molecule has 1 saturated heterocycles. The number of rotatable bonds is 5. The second kappa shape index (κ2) is 9.53. The summed E-state index contributed by atoms with van der Waals surface area (Å²) < 4.78 is 9.46. The van der Waals surface area contributed by atoms with Crippen LogP contribution >= 0.6 is 11.3 Å². The fourth-order valence-electron chi connectivity index (χ4n) is 3.32. The van der Waals surface area contributed by atoms with Crippen LogP contribution in [0.2, 0.25) is 0 Å². The Kier molecular flexibility index (Phi) is 6.83. The van der Waals surface area contributed by atoms with Gasteiger partial charge in [-0.3, -0.25) is 9.59 Å². The molecule has 2 heterocycles. The molecule has 0 saturated carbocycles. The highest BCUT2D eigenvalue weighted by Gasteiger charge is 2.29. The van der Waals surface area contributed by atoms with Gasteiger partial charge in [-0.15, -0.1) is 11.3 Å². The highest BCUT2D eigenvalue weighted by atomic mass is 32.1. The Morgan fingerprint density at radius 1 is 1.03 bits per heavy atom. The number of nitrogens with zero attached hydrogens (tertiary/aromatic N) is 1. The first-order valence-corrected chi connectivity index (χ1v) is 10.3. The minimum absolute atomic E-state index is 0.0254. The van der Waals surface area contributed by atoms with Crippen molar-refractivity contribution >= 4 is 40.8 Å². The highest BCUT2D eigenvalue weighted by Crippen LogP contribution is 2.25. The van der Waals surface area contributed by atoms with Gasteiger partial charge in [0.05, 0.1) is 35.9 Å². The first kappa shape index (κ1) is 21.5. The third-order valence-corrected chi connectivity index (χ3v) is 5.85. The highest BCUT2D eigenvalue weighted by molar-refractivity contribution is 7.12. The number of methoxy groups -OCH3 is 2. The SMILES string of the molecule is COC(=O)c1ccc(C(=O)OC)c(NC(=O)C2CCN(C(=O)c3cccs3)CC2)c1. The van der Waals surface area contributed by atoms with Crippen molar-refractivity contribution in [1.82, 2.24) is 4.90 Å². The number of piperidine rings is 1. The largest absolute Gasteiger partial charge is 0.465 e. The molecular formula is C21H22N2O6S. The minimum atomic E-state index is -0.627. The summed E-state index contributed by atoms with van der Waals surface area (Å²) in [7, 11) is 2.49. The number of esters is 2. The molecule has 1 aliphatic heterocycles. The first-order chi connectivity index (χ1) is 14.4. The average Bonchev–Trinajstić information content (AvgIpc) is 3.32. The number of likely N-dealkylation sites (tertiary alicyclic amines) is 1. The number of carbonyl (C=O) groups excluding carboxylic acids is 4. The number of hydrogen-bond acceptors (Lipinski definition) is 7. The summed E-state index contributed by atoms with van der Waals surface area (Å²) >= 11 is 1.39. The Labute approximate surface area is 177 Å². The molecule has 1 aromatic carbocycles. The molecule has 1 aliphatic rings. The smallest absolute Gasteiger partial charge is 0.339 e. The van der Waals surface area contributed by atoms with Gasteiger partial charge in [0, 0.05) is 19.0 Å². The number of nitrogens with one attached hydrogen (secondary N) is 1. The maximum absolute atomic E-state index is 12.8. The topological polar surface area (TPSA) is 102 Å². The molecule has 0 aliphatic carbocycles. The van der Waals surface area contributed by atoms with Crippen molar-refractivity contribution in [3.8, 4) is 0 Å². The van der Waals surface area contributed by atoms with Crippen molar-refractivity contribution in [1.29, 1.82) is 0 Å². The van der Waals surface area contributed by atoms with Crippen LogP contribution in [-0.2, 0) is 14.3 Å². The van der Waals surface area contributed by atoms with Crippen molar-refractivity contribution < 1.29 is 28.7 Å². The lowest BCUT2D eigenvalue weighted by molar-refractivity contribution is -0.121. The zero-order valence-corrected chi connectivity index (χ0v) is 17.5. The van der Waals surface area contributed by atoms with Gasteiger partial charge in [0.15, 0.2) is 0 Å². The zero-order valence-electron chi connectivity index (χ0n) is 16.7. The van der Waals surface area contributed by atoms with E-state index in [9.17, 15) is 19.2 Å². The van der Waals surface area contributed by atoms with Crippen LogP contribution in [-0.4, -0.2) is 56.0 Å². The summed E-state index contributed by atoms with van der Waals surface area (Å²) in [6.45, 7) is 0.946. The van der Waals surface area contributed by atoms with E-state index in [2.05, 4.69) is 5.32 Å². The normalized spacial score (nSPS) is 14.1. The molecule has 158 valence electrons. The lowest BCUT2D eigenvalue weighted by atomic mass is 9.95. The summed E-state index contributed by atoms with van der Waals surface area (Å²) in [5.41, 5.74) is 0.535. The molecule has 1 N–H and O–H groups in total. The second-order valence-corrected chi connectivity index (χ2v) is 7.72. The van der Waals surface area contributed by atoms with E-state index in [-0.39, 0.29) is 34.5 Å². The van der Waals surface area contributed by atoms with Crippen molar-refractivity contribution in [3.05, 3.63) is 51.7 Å². The summed E-state index contributed by atoms with van der Waals surface area (Å²) in [5, 5.41) is 4.59. The van der Waals surface area contributed by atoms with E-state index < -0.39 is 11.9 Å². The molecule has 2 amide bonds. The van der Waals surface area contributed by atoms with Gasteiger partial charge in [-0.05, 0) is 42.5 Å². The summed E-state index contributed by atoms with van der Waals surface area (Å²) in [6, 6.07) is 7.86. The molecule has 1 fully saturated rings. The van der Waals surface area contributed by atoms with Gasteiger partial charge in [-0.2, -0.15) is 0 Å². The summed E-state index contributed by atoms with van der Waals surface area (Å²) in [5.74, 6) is -1.82. The van der Waals surface area contributed by atoms with Gasteiger partial charge in [-0.25, -0.2) is 9.59 Å². The van der Waals surface area contributed by atoms with Crippen LogP contribution in [0.3, 0.4) is 0 Å². The molecule has 3 rings (SSSR count). The average molecular weight is 430 g/mol. The number of anilines is 1. The molecule has 0 atom stereocenters. The maximum Gasteiger partial charge on any atom is 0.339 e. The third-order valence-electron chi connectivity index (χ3n) is 4.99.